The van der Waals surface area contributed by atoms with E-state index in [4.69, 9.17) is 4.74 Å². The number of hydrogen-bond acceptors (Lipinski definition) is 2. The maximum atomic E-state index is 15.0. The highest BCUT2D eigenvalue weighted by Crippen LogP contribution is 2.39. The van der Waals surface area contributed by atoms with Crippen molar-refractivity contribution >= 4 is 6.08 Å². The normalized spacial score (nSPS) is 12.2. The van der Waals surface area contributed by atoms with E-state index in [1.807, 2.05) is 0 Å². The maximum Gasteiger partial charge on any atom is 0.432 e. The number of ether oxygens (including phenoxy) is 2. The molecular formula is C30H16F12O2. The zero-order valence-corrected chi connectivity index (χ0v) is 21.9. The second-order valence-electron chi connectivity index (χ2n) is 9.00. The quantitative estimate of drug-likeness (QED) is 0.179. The average molecular weight is 636 g/mol. The van der Waals surface area contributed by atoms with Crippen LogP contribution >= 0.6 is 0 Å². The molecule has 0 aliphatic carbocycles. The Balaban J connectivity index is 1.63. The van der Waals surface area contributed by atoms with Crippen molar-refractivity contribution in [1.29, 1.82) is 0 Å². The van der Waals surface area contributed by atoms with Crippen LogP contribution in [0.1, 0.15) is 18.1 Å². The smallest absolute Gasteiger partial charge is 0.432 e. The van der Waals surface area contributed by atoms with Crippen molar-refractivity contribution < 1.29 is 62.2 Å². The number of halogens is 12. The fourth-order valence-electron chi connectivity index (χ4n) is 4.14. The van der Waals surface area contributed by atoms with Crippen LogP contribution in [0.3, 0.4) is 0 Å². The van der Waals surface area contributed by atoms with Crippen LogP contribution in [0.4, 0.5) is 52.7 Å². The standard InChI is InChI=1S/C30H16F12O2/c1-2-43-17-12-25(36)28(26(37)13-17)30(41,42)44-16-3-4-18(22(33)11-16)14-7-23(34)27(24(35)8-14)15-9-20(31)19(21(32)10-15)5-6-29(38,39)40/h3-13H,2H2,1H3/b6-5+. The molecule has 4 rings (SSSR count). The summed E-state index contributed by atoms with van der Waals surface area (Å²) in [6, 6.07) is 4.71. The summed E-state index contributed by atoms with van der Waals surface area (Å²) in [4.78, 5) is 0. The minimum atomic E-state index is -4.89. The Morgan fingerprint density at radius 1 is 0.614 bits per heavy atom. The molecule has 0 atom stereocenters. The molecule has 0 bridgehead atoms. The Kier molecular flexibility index (Phi) is 8.93. The molecule has 2 nitrogen and oxygen atoms in total. The first-order valence-electron chi connectivity index (χ1n) is 12.2. The van der Waals surface area contributed by atoms with Gasteiger partial charge in [0.2, 0.25) is 0 Å². The fourth-order valence-corrected chi connectivity index (χ4v) is 4.14. The first-order chi connectivity index (χ1) is 20.5. The number of rotatable bonds is 8. The van der Waals surface area contributed by atoms with Gasteiger partial charge in [0.25, 0.3) is 0 Å². The first-order valence-corrected chi connectivity index (χ1v) is 12.2. The van der Waals surface area contributed by atoms with Gasteiger partial charge in [-0.25, -0.2) is 30.7 Å². The number of alkyl halides is 5. The van der Waals surface area contributed by atoms with Gasteiger partial charge in [-0.2, -0.15) is 22.0 Å². The van der Waals surface area contributed by atoms with Crippen molar-refractivity contribution in [2.75, 3.05) is 6.61 Å². The van der Waals surface area contributed by atoms with Crippen LogP contribution in [-0.4, -0.2) is 12.8 Å². The summed E-state index contributed by atoms with van der Waals surface area (Å²) in [5.74, 6) is -12.1. The van der Waals surface area contributed by atoms with Gasteiger partial charge in [0.05, 0.1) is 12.2 Å². The molecule has 4 aromatic rings. The molecule has 4 aromatic carbocycles. The minimum Gasteiger partial charge on any atom is -0.494 e. The van der Waals surface area contributed by atoms with E-state index in [1.165, 1.54) is 6.92 Å². The molecule has 0 aliphatic rings. The molecule has 0 N–H and O–H groups in total. The van der Waals surface area contributed by atoms with Crippen molar-refractivity contribution in [1.82, 2.24) is 0 Å². The summed E-state index contributed by atoms with van der Waals surface area (Å²) >= 11 is 0. The molecule has 0 aliphatic heterocycles. The maximum absolute atomic E-state index is 15.0. The molecule has 0 aromatic heterocycles. The summed E-state index contributed by atoms with van der Waals surface area (Å²) < 4.78 is 178. The lowest BCUT2D eigenvalue weighted by Crippen LogP contribution is -2.25. The largest absolute Gasteiger partial charge is 0.494 e. The summed E-state index contributed by atoms with van der Waals surface area (Å²) in [6.07, 6.45) is -9.87. The van der Waals surface area contributed by atoms with Crippen molar-refractivity contribution in [3.8, 4) is 33.8 Å². The molecule has 14 heteroatoms. The Bertz CT molecular complexity index is 1680. The Morgan fingerprint density at radius 2 is 1.14 bits per heavy atom. The second kappa shape index (κ2) is 12.2. The third-order valence-corrected chi connectivity index (χ3v) is 5.96. The van der Waals surface area contributed by atoms with Crippen molar-refractivity contribution in [2.24, 2.45) is 0 Å². The van der Waals surface area contributed by atoms with Gasteiger partial charge in [0, 0.05) is 35.4 Å². The number of benzene rings is 4. The van der Waals surface area contributed by atoms with E-state index in [-0.39, 0.29) is 18.4 Å². The van der Waals surface area contributed by atoms with E-state index < -0.39 is 98.2 Å². The van der Waals surface area contributed by atoms with E-state index >= 15 is 0 Å². The Hall–Kier alpha value is -4.62. The van der Waals surface area contributed by atoms with Crippen LogP contribution in [0.5, 0.6) is 11.5 Å². The van der Waals surface area contributed by atoms with Crippen LogP contribution in [-0.2, 0) is 6.11 Å². The molecule has 0 saturated heterocycles. The van der Waals surface area contributed by atoms with Gasteiger partial charge >= 0.3 is 12.3 Å². The van der Waals surface area contributed by atoms with Crippen LogP contribution in [0.2, 0.25) is 0 Å². The predicted molar refractivity (Wildman–Crippen MR) is 134 cm³/mol. The average Bonchev–Trinajstić information content (AvgIpc) is 2.86. The van der Waals surface area contributed by atoms with E-state index in [0.717, 1.165) is 12.1 Å². The molecule has 0 radical (unpaired) electrons. The topological polar surface area (TPSA) is 18.5 Å². The van der Waals surface area contributed by atoms with Gasteiger partial charge in [-0.3, -0.25) is 0 Å². The first kappa shape index (κ1) is 32.3. The Morgan fingerprint density at radius 3 is 1.64 bits per heavy atom. The predicted octanol–water partition coefficient (Wildman–Crippen LogP) is 10.1. The molecule has 0 unspecified atom stereocenters. The van der Waals surface area contributed by atoms with Crippen molar-refractivity contribution in [3.05, 3.63) is 113 Å². The molecule has 0 amide bonds. The van der Waals surface area contributed by atoms with E-state index in [1.54, 1.807) is 0 Å². The van der Waals surface area contributed by atoms with Crippen molar-refractivity contribution in [2.45, 2.75) is 19.2 Å². The summed E-state index contributed by atoms with van der Waals surface area (Å²) in [6.45, 7) is 1.48. The van der Waals surface area contributed by atoms with Crippen LogP contribution in [0, 0.1) is 40.7 Å². The molecule has 0 fully saturated rings. The minimum absolute atomic E-state index is 0.0103. The molecule has 0 spiro atoms. The van der Waals surface area contributed by atoms with Gasteiger partial charge in [-0.1, -0.05) is 0 Å². The Labute approximate surface area is 240 Å². The van der Waals surface area contributed by atoms with Gasteiger partial charge < -0.3 is 9.47 Å². The van der Waals surface area contributed by atoms with Gasteiger partial charge in [-0.15, -0.1) is 0 Å². The summed E-state index contributed by atoms with van der Waals surface area (Å²) in [5.41, 5.74) is -5.71. The second-order valence-corrected chi connectivity index (χ2v) is 9.00. The molecule has 0 heterocycles. The lowest BCUT2D eigenvalue weighted by molar-refractivity contribution is -0.189. The lowest BCUT2D eigenvalue weighted by Gasteiger charge is -2.20. The SMILES string of the molecule is CCOc1cc(F)c(C(F)(F)Oc2ccc(-c3cc(F)c(-c4cc(F)c(/C=C/C(F)(F)F)c(F)c4)c(F)c3)c(F)c2)c(F)c1. The van der Waals surface area contributed by atoms with Crippen LogP contribution in [0.15, 0.2) is 60.7 Å². The molecule has 232 valence electrons. The molecular weight excluding hydrogens is 620 g/mol. The molecule has 44 heavy (non-hydrogen) atoms. The zero-order chi connectivity index (χ0) is 32.6. The van der Waals surface area contributed by atoms with Gasteiger partial charge in [0.1, 0.15) is 57.8 Å². The van der Waals surface area contributed by atoms with E-state index in [2.05, 4.69) is 4.74 Å². The zero-order valence-electron chi connectivity index (χ0n) is 21.9. The highest BCUT2D eigenvalue weighted by molar-refractivity contribution is 5.73. The monoisotopic (exact) mass is 636 g/mol. The van der Waals surface area contributed by atoms with Crippen LogP contribution < -0.4 is 9.47 Å². The highest BCUT2D eigenvalue weighted by atomic mass is 19.4. The van der Waals surface area contributed by atoms with Crippen LogP contribution in [0.25, 0.3) is 28.3 Å². The van der Waals surface area contributed by atoms with E-state index in [9.17, 15) is 52.7 Å². The van der Waals surface area contributed by atoms with Crippen molar-refractivity contribution in [3.63, 3.8) is 0 Å². The van der Waals surface area contributed by atoms with E-state index in [0.29, 0.717) is 42.5 Å². The van der Waals surface area contributed by atoms with Gasteiger partial charge in [0.15, 0.2) is 0 Å². The highest BCUT2D eigenvalue weighted by Gasteiger charge is 2.41. The lowest BCUT2D eigenvalue weighted by atomic mass is 9.97. The molecule has 0 saturated carbocycles. The third kappa shape index (κ3) is 6.95. The fraction of sp³-hybridized carbons (Fsp3) is 0.133. The summed E-state index contributed by atoms with van der Waals surface area (Å²) in [5, 5.41) is 0. The number of hydrogen-bond donors (Lipinski definition) is 0. The third-order valence-electron chi connectivity index (χ3n) is 5.96. The number of allylic oxidation sites excluding steroid dienone is 1. The van der Waals surface area contributed by atoms with Gasteiger partial charge in [-0.05, 0) is 60.5 Å². The summed E-state index contributed by atoms with van der Waals surface area (Å²) in [7, 11) is 0.